The second kappa shape index (κ2) is 6.15. The maximum atomic E-state index is 12.1. The van der Waals surface area contributed by atoms with E-state index in [9.17, 15) is 4.79 Å². The summed E-state index contributed by atoms with van der Waals surface area (Å²) in [6.07, 6.45) is 6.66. The summed E-state index contributed by atoms with van der Waals surface area (Å²) in [5.41, 5.74) is 2.94. The topological polar surface area (TPSA) is 33.2 Å². The molecule has 0 radical (unpaired) electrons. The summed E-state index contributed by atoms with van der Waals surface area (Å²) in [7, 11) is 0. The summed E-state index contributed by atoms with van der Waals surface area (Å²) in [6.45, 7) is 3.69. The fourth-order valence-corrected chi connectivity index (χ4v) is 3.00. The van der Waals surface area contributed by atoms with Crippen LogP contribution in [0, 0.1) is 6.92 Å². The smallest absolute Gasteiger partial charge is 0.222 e. The van der Waals surface area contributed by atoms with Gasteiger partial charge in [0.1, 0.15) is 0 Å². The molecule has 0 aliphatic carbocycles. The maximum absolute atomic E-state index is 12.1. The van der Waals surface area contributed by atoms with E-state index in [-0.39, 0.29) is 0 Å². The van der Waals surface area contributed by atoms with Crippen molar-refractivity contribution in [2.45, 2.75) is 52.0 Å². The molecule has 0 N–H and O–H groups in total. The number of amides is 1. The zero-order chi connectivity index (χ0) is 12.1. The average molecular weight is 252 g/mol. The first kappa shape index (κ1) is 12.6. The van der Waals surface area contributed by atoms with Crippen molar-refractivity contribution in [1.82, 2.24) is 9.88 Å². The Labute approximate surface area is 107 Å². The van der Waals surface area contributed by atoms with Crippen LogP contribution in [-0.4, -0.2) is 22.3 Å². The molecular weight excluding hydrogens is 232 g/mol. The molecule has 0 atom stereocenters. The van der Waals surface area contributed by atoms with E-state index < -0.39 is 0 Å². The number of hydrogen-bond donors (Lipinski definition) is 0. The van der Waals surface area contributed by atoms with Crippen LogP contribution in [0.15, 0.2) is 5.51 Å². The zero-order valence-corrected chi connectivity index (χ0v) is 11.3. The van der Waals surface area contributed by atoms with E-state index in [4.69, 9.17) is 0 Å². The molecule has 94 valence electrons. The Morgan fingerprint density at radius 3 is 2.82 bits per heavy atom. The number of hydrogen-bond acceptors (Lipinski definition) is 3. The lowest BCUT2D eigenvalue weighted by atomic mass is 10.1. The second-order valence-electron chi connectivity index (χ2n) is 4.69. The lowest BCUT2D eigenvalue weighted by molar-refractivity contribution is -0.131. The van der Waals surface area contributed by atoms with Crippen molar-refractivity contribution >= 4 is 17.2 Å². The van der Waals surface area contributed by atoms with Crippen LogP contribution in [0.1, 0.15) is 49.1 Å². The molecule has 2 rings (SSSR count). The van der Waals surface area contributed by atoms with Crippen LogP contribution < -0.4 is 0 Å². The highest BCUT2D eigenvalue weighted by molar-refractivity contribution is 7.09. The summed E-state index contributed by atoms with van der Waals surface area (Å²) >= 11 is 1.66. The highest BCUT2D eigenvalue weighted by atomic mass is 32.1. The molecule has 1 fully saturated rings. The maximum Gasteiger partial charge on any atom is 0.222 e. The molecule has 4 heteroatoms. The van der Waals surface area contributed by atoms with Crippen LogP contribution in [0.25, 0.3) is 0 Å². The molecule has 0 spiro atoms. The summed E-state index contributed by atoms with van der Waals surface area (Å²) in [6, 6.07) is 0. The van der Waals surface area contributed by atoms with Gasteiger partial charge in [-0.25, -0.2) is 4.98 Å². The lowest BCUT2D eigenvalue weighted by Crippen LogP contribution is -2.30. The number of thiazole rings is 1. The van der Waals surface area contributed by atoms with Gasteiger partial charge in [0.15, 0.2) is 0 Å². The van der Waals surface area contributed by atoms with Crippen LogP contribution in [0.2, 0.25) is 0 Å². The van der Waals surface area contributed by atoms with Gasteiger partial charge in [0.2, 0.25) is 5.91 Å². The Kier molecular flexibility index (Phi) is 4.54. The van der Waals surface area contributed by atoms with Crippen molar-refractivity contribution in [3.05, 3.63) is 16.1 Å². The number of carbonyl (C=O) groups is 1. The minimum absolute atomic E-state index is 0.319. The van der Waals surface area contributed by atoms with Crippen molar-refractivity contribution in [2.24, 2.45) is 0 Å². The van der Waals surface area contributed by atoms with Gasteiger partial charge in [0.05, 0.1) is 17.7 Å². The van der Waals surface area contributed by atoms with Gasteiger partial charge in [-0.2, -0.15) is 0 Å². The predicted molar refractivity (Wildman–Crippen MR) is 70.0 cm³/mol. The van der Waals surface area contributed by atoms with Gasteiger partial charge in [-0.1, -0.05) is 19.3 Å². The van der Waals surface area contributed by atoms with Crippen LogP contribution in [0.5, 0.6) is 0 Å². The van der Waals surface area contributed by atoms with Crippen molar-refractivity contribution in [3.8, 4) is 0 Å². The van der Waals surface area contributed by atoms with Gasteiger partial charge in [-0.3, -0.25) is 4.79 Å². The molecule has 1 aromatic heterocycles. The number of aromatic nitrogens is 1. The Hall–Kier alpha value is -0.900. The van der Waals surface area contributed by atoms with Gasteiger partial charge in [0, 0.05) is 17.8 Å². The van der Waals surface area contributed by atoms with E-state index in [1.807, 2.05) is 17.3 Å². The highest BCUT2D eigenvalue weighted by Crippen LogP contribution is 2.18. The molecule has 1 aromatic rings. The predicted octanol–water partition coefficient (Wildman–Crippen LogP) is 3.13. The molecule has 1 amide bonds. The second-order valence-corrected chi connectivity index (χ2v) is 5.63. The van der Waals surface area contributed by atoms with Gasteiger partial charge >= 0.3 is 0 Å². The zero-order valence-electron chi connectivity index (χ0n) is 10.4. The van der Waals surface area contributed by atoms with Crippen molar-refractivity contribution < 1.29 is 4.79 Å². The minimum Gasteiger partial charge on any atom is -0.337 e. The molecule has 2 heterocycles. The van der Waals surface area contributed by atoms with E-state index in [0.717, 1.165) is 38.0 Å². The molecule has 0 bridgehead atoms. The Balaban J connectivity index is 2.00. The first-order valence-electron chi connectivity index (χ1n) is 6.44. The molecule has 0 saturated carbocycles. The van der Waals surface area contributed by atoms with Crippen LogP contribution in [0.3, 0.4) is 0 Å². The standard InChI is InChI=1S/C13H20N2OS/c1-11-12(17-10-14-11)9-15-8-6-4-2-3-5-7-13(15)16/h10H,2-9H2,1H3. The van der Waals surface area contributed by atoms with Crippen molar-refractivity contribution in [1.29, 1.82) is 0 Å². The molecular formula is C13H20N2OS. The van der Waals surface area contributed by atoms with Gasteiger partial charge in [-0.05, 0) is 19.8 Å². The largest absolute Gasteiger partial charge is 0.337 e. The van der Waals surface area contributed by atoms with E-state index in [1.54, 1.807) is 11.3 Å². The van der Waals surface area contributed by atoms with Gasteiger partial charge in [-0.15, -0.1) is 11.3 Å². The Morgan fingerprint density at radius 2 is 2.06 bits per heavy atom. The molecule has 3 nitrogen and oxygen atoms in total. The summed E-state index contributed by atoms with van der Waals surface area (Å²) < 4.78 is 0. The Bertz CT molecular complexity index is 375. The normalized spacial score (nSPS) is 18.6. The molecule has 1 aliphatic heterocycles. The fourth-order valence-electron chi connectivity index (χ4n) is 2.21. The first-order chi connectivity index (χ1) is 8.27. The van der Waals surface area contributed by atoms with Gasteiger partial charge < -0.3 is 4.90 Å². The number of carbonyl (C=O) groups excluding carboxylic acids is 1. The molecule has 1 aliphatic rings. The first-order valence-corrected chi connectivity index (χ1v) is 7.32. The highest BCUT2D eigenvalue weighted by Gasteiger charge is 2.16. The van der Waals surface area contributed by atoms with Crippen LogP contribution in [-0.2, 0) is 11.3 Å². The molecule has 1 saturated heterocycles. The van der Waals surface area contributed by atoms with E-state index >= 15 is 0 Å². The quantitative estimate of drug-likeness (QED) is 0.810. The van der Waals surface area contributed by atoms with Gasteiger partial charge in [0.25, 0.3) is 0 Å². The fraction of sp³-hybridized carbons (Fsp3) is 0.692. The lowest BCUT2D eigenvalue weighted by Gasteiger charge is -2.21. The third-order valence-corrected chi connectivity index (χ3v) is 4.27. The van der Waals surface area contributed by atoms with E-state index in [2.05, 4.69) is 4.98 Å². The van der Waals surface area contributed by atoms with Crippen molar-refractivity contribution in [2.75, 3.05) is 6.54 Å². The summed E-state index contributed by atoms with van der Waals surface area (Å²) in [5.74, 6) is 0.319. The third-order valence-electron chi connectivity index (χ3n) is 3.35. The molecule has 17 heavy (non-hydrogen) atoms. The van der Waals surface area contributed by atoms with Crippen LogP contribution in [0.4, 0.5) is 0 Å². The SMILES string of the molecule is Cc1ncsc1CN1CCCCCCCC1=O. The van der Waals surface area contributed by atoms with E-state index in [0.29, 0.717) is 5.91 Å². The number of nitrogens with zero attached hydrogens (tertiary/aromatic N) is 2. The van der Waals surface area contributed by atoms with Crippen LogP contribution >= 0.6 is 11.3 Å². The van der Waals surface area contributed by atoms with Crippen molar-refractivity contribution in [3.63, 3.8) is 0 Å². The Morgan fingerprint density at radius 1 is 1.29 bits per heavy atom. The minimum atomic E-state index is 0.319. The number of rotatable bonds is 2. The summed E-state index contributed by atoms with van der Waals surface area (Å²) in [4.78, 5) is 19.6. The average Bonchev–Trinajstić information content (AvgIpc) is 2.74. The molecule has 0 aromatic carbocycles. The van der Waals surface area contributed by atoms with E-state index in [1.165, 1.54) is 24.1 Å². The molecule has 0 unspecified atom stereocenters. The number of aryl methyl sites for hydroxylation is 1. The monoisotopic (exact) mass is 252 g/mol. The summed E-state index contributed by atoms with van der Waals surface area (Å²) in [5, 5.41) is 0. The third kappa shape index (κ3) is 3.53.